The van der Waals surface area contributed by atoms with E-state index in [1.807, 2.05) is 41.8 Å². The van der Waals surface area contributed by atoms with Crippen molar-refractivity contribution in [2.45, 2.75) is 56.7 Å². The number of carbonyl (C=O) groups excluding carboxylic acids is 2. The van der Waals surface area contributed by atoms with Crippen molar-refractivity contribution >= 4 is 28.8 Å². The third-order valence-electron chi connectivity index (χ3n) is 7.38. The van der Waals surface area contributed by atoms with Gasteiger partial charge in [0.05, 0.1) is 17.6 Å². The number of amides is 2. The van der Waals surface area contributed by atoms with Gasteiger partial charge in [-0.25, -0.2) is 0 Å². The fourth-order valence-electron chi connectivity index (χ4n) is 5.51. The molecule has 0 saturated heterocycles. The molecule has 2 heterocycles. The molecule has 2 amide bonds. The molecule has 1 atom stereocenters. The average molecular weight is 520 g/mol. The maximum Gasteiger partial charge on any atom is 0.270 e. The number of nitro benzene ring substituents is 1. The summed E-state index contributed by atoms with van der Waals surface area (Å²) in [7, 11) is 1.59. The second-order valence-corrected chi connectivity index (χ2v) is 10.5. The van der Waals surface area contributed by atoms with E-state index in [0.717, 1.165) is 44.1 Å². The van der Waals surface area contributed by atoms with Crippen molar-refractivity contribution in [3.63, 3.8) is 0 Å². The van der Waals surface area contributed by atoms with Gasteiger partial charge in [0.15, 0.2) is 5.54 Å². The summed E-state index contributed by atoms with van der Waals surface area (Å²) in [5.41, 5.74) is -0.123. The lowest BCUT2D eigenvalue weighted by atomic mass is 9.85. The maximum atomic E-state index is 14.4. The number of rotatable bonds is 7. The number of nitro groups is 1. The predicted molar refractivity (Wildman–Crippen MR) is 141 cm³/mol. The Labute approximate surface area is 219 Å². The zero-order chi connectivity index (χ0) is 26.0. The van der Waals surface area contributed by atoms with Gasteiger partial charge in [-0.15, -0.1) is 11.3 Å². The van der Waals surface area contributed by atoms with Crippen molar-refractivity contribution in [2.24, 2.45) is 0 Å². The van der Waals surface area contributed by atoms with E-state index in [1.54, 1.807) is 18.1 Å². The molecule has 0 spiro atoms. The Bertz CT molecular complexity index is 1300. The first-order valence-corrected chi connectivity index (χ1v) is 13.4. The van der Waals surface area contributed by atoms with Gasteiger partial charge in [-0.05, 0) is 48.1 Å². The monoisotopic (exact) mass is 519 g/mol. The number of nitrogens with one attached hydrogen (secondary N) is 1. The largest absolute Gasteiger partial charge is 0.497 e. The molecule has 5 rings (SSSR count). The van der Waals surface area contributed by atoms with Crippen molar-refractivity contribution in [3.8, 4) is 5.75 Å². The van der Waals surface area contributed by atoms with Crippen LogP contribution in [0.15, 0.2) is 60.0 Å². The summed E-state index contributed by atoms with van der Waals surface area (Å²) < 4.78 is 5.27. The normalized spacial score (nSPS) is 19.8. The van der Waals surface area contributed by atoms with E-state index in [-0.39, 0.29) is 29.7 Å². The summed E-state index contributed by atoms with van der Waals surface area (Å²) in [5.74, 6) is 0.0151. The number of methoxy groups -OCH3 is 1. The third-order valence-corrected chi connectivity index (χ3v) is 8.36. The fraction of sp³-hybridized carbons (Fsp3) is 0.357. The van der Waals surface area contributed by atoms with Gasteiger partial charge in [0.1, 0.15) is 5.75 Å². The lowest BCUT2D eigenvalue weighted by Crippen LogP contribution is -2.56. The van der Waals surface area contributed by atoms with Crippen LogP contribution in [0.4, 0.5) is 5.69 Å². The fourth-order valence-corrected chi connectivity index (χ4v) is 6.45. The minimum atomic E-state index is -1.43. The lowest BCUT2D eigenvalue weighted by molar-refractivity contribution is -0.384. The van der Waals surface area contributed by atoms with Crippen molar-refractivity contribution in [1.29, 1.82) is 0 Å². The summed E-state index contributed by atoms with van der Waals surface area (Å²) in [6.45, 7) is 0.154. The topological polar surface area (TPSA) is 102 Å². The standard InChI is InChI=1S/C28H29N3O5S/c1-36-22-13-10-19(11-14-22)18-30-26(32)23-17-21(31(34)35)12-15-24(23)28(30,25-9-6-16-37-25)27(33)29-20-7-4-2-3-5-8-20/h6,9-17,20H,2-5,7-8,18H2,1H3,(H,29,33). The molecule has 0 bridgehead atoms. The first-order chi connectivity index (χ1) is 17.9. The summed E-state index contributed by atoms with van der Waals surface area (Å²) in [4.78, 5) is 41.7. The molecular formula is C28H29N3O5S. The highest BCUT2D eigenvalue weighted by molar-refractivity contribution is 7.10. The molecule has 1 unspecified atom stereocenters. The minimum absolute atomic E-state index is 0.0203. The second-order valence-electron chi connectivity index (χ2n) is 9.58. The highest BCUT2D eigenvalue weighted by Crippen LogP contribution is 2.48. The molecule has 1 saturated carbocycles. The molecule has 1 aliphatic heterocycles. The number of thiophene rings is 1. The Kier molecular flexibility index (Phi) is 6.97. The van der Waals surface area contributed by atoms with Crippen LogP contribution in [0.1, 0.15) is 64.9 Å². The molecule has 1 aromatic heterocycles. The van der Waals surface area contributed by atoms with Crippen molar-refractivity contribution < 1.29 is 19.2 Å². The van der Waals surface area contributed by atoms with Crippen molar-refractivity contribution in [2.75, 3.05) is 7.11 Å². The van der Waals surface area contributed by atoms with E-state index in [4.69, 9.17) is 4.74 Å². The van der Waals surface area contributed by atoms with Crippen molar-refractivity contribution in [1.82, 2.24) is 10.2 Å². The van der Waals surface area contributed by atoms with Gasteiger partial charge in [-0.1, -0.05) is 43.9 Å². The molecule has 8 nitrogen and oxygen atoms in total. The summed E-state index contributed by atoms with van der Waals surface area (Å²) in [6.07, 6.45) is 6.19. The van der Waals surface area contributed by atoms with Crippen LogP contribution in [0.2, 0.25) is 0 Å². The van der Waals surface area contributed by atoms with E-state index in [2.05, 4.69) is 5.32 Å². The summed E-state index contributed by atoms with van der Waals surface area (Å²) >= 11 is 1.40. The van der Waals surface area contributed by atoms with Crippen LogP contribution in [0, 0.1) is 10.1 Å². The highest BCUT2D eigenvalue weighted by Gasteiger charge is 2.57. The first-order valence-electron chi connectivity index (χ1n) is 12.5. The Morgan fingerprint density at radius 2 is 1.86 bits per heavy atom. The molecule has 2 aliphatic rings. The molecule has 1 aliphatic carbocycles. The van der Waals surface area contributed by atoms with Crippen LogP contribution in [-0.2, 0) is 16.9 Å². The Morgan fingerprint density at radius 1 is 1.14 bits per heavy atom. The number of nitrogens with zero attached hydrogens (tertiary/aromatic N) is 2. The molecule has 3 aromatic rings. The molecule has 192 valence electrons. The summed E-state index contributed by atoms with van der Waals surface area (Å²) in [6, 6.07) is 15.3. The van der Waals surface area contributed by atoms with Gasteiger partial charge in [0.2, 0.25) is 0 Å². The van der Waals surface area contributed by atoms with Gasteiger partial charge < -0.3 is 15.0 Å². The average Bonchev–Trinajstić information content (AvgIpc) is 3.43. The van der Waals surface area contributed by atoms with Gasteiger partial charge in [-0.2, -0.15) is 0 Å². The van der Waals surface area contributed by atoms with Crippen LogP contribution in [0.5, 0.6) is 5.75 Å². The second kappa shape index (κ2) is 10.3. The van der Waals surface area contributed by atoms with Crippen LogP contribution in [-0.4, -0.2) is 34.8 Å². The van der Waals surface area contributed by atoms with Crippen molar-refractivity contribution in [3.05, 3.63) is 91.7 Å². The lowest BCUT2D eigenvalue weighted by Gasteiger charge is -2.38. The molecule has 1 fully saturated rings. The van der Waals surface area contributed by atoms with E-state index < -0.39 is 16.4 Å². The number of hydrogen-bond donors (Lipinski definition) is 1. The van der Waals surface area contributed by atoms with E-state index in [0.29, 0.717) is 16.2 Å². The van der Waals surface area contributed by atoms with Crippen LogP contribution in [0.3, 0.4) is 0 Å². The first kappa shape index (κ1) is 25.0. The smallest absolute Gasteiger partial charge is 0.270 e. The van der Waals surface area contributed by atoms with Gasteiger partial charge in [-0.3, -0.25) is 19.7 Å². The minimum Gasteiger partial charge on any atom is -0.497 e. The number of ether oxygens (including phenoxy) is 1. The zero-order valence-corrected chi connectivity index (χ0v) is 21.5. The number of hydrogen-bond acceptors (Lipinski definition) is 6. The molecule has 9 heteroatoms. The van der Waals surface area contributed by atoms with Crippen LogP contribution in [0.25, 0.3) is 0 Å². The van der Waals surface area contributed by atoms with Crippen LogP contribution >= 0.6 is 11.3 Å². The zero-order valence-electron chi connectivity index (χ0n) is 20.6. The van der Waals surface area contributed by atoms with E-state index in [1.165, 1.54) is 23.5 Å². The number of carbonyl (C=O) groups is 2. The summed E-state index contributed by atoms with van der Waals surface area (Å²) in [5, 5.41) is 16.7. The van der Waals surface area contributed by atoms with E-state index in [9.17, 15) is 19.7 Å². The Morgan fingerprint density at radius 3 is 2.49 bits per heavy atom. The van der Waals surface area contributed by atoms with Gasteiger partial charge in [0, 0.05) is 35.2 Å². The predicted octanol–water partition coefficient (Wildman–Crippen LogP) is 5.40. The van der Waals surface area contributed by atoms with E-state index >= 15 is 0 Å². The molecule has 2 aromatic carbocycles. The number of benzene rings is 2. The van der Waals surface area contributed by atoms with Gasteiger partial charge >= 0.3 is 0 Å². The number of non-ortho nitro benzene ring substituents is 1. The maximum absolute atomic E-state index is 14.4. The SMILES string of the molecule is COc1ccc(CN2C(=O)c3cc([N+](=O)[O-])ccc3C2(C(=O)NC2CCCCCC2)c2cccs2)cc1. The molecule has 1 N–H and O–H groups in total. The van der Waals surface area contributed by atoms with Gasteiger partial charge in [0.25, 0.3) is 17.5 Å². The molecule has 0 radical (unpaired) electrons. The Hall–Kier alpha value is -3.72. The molecular weight excluding hydrogens is 490 g/mol. The highest BCUT2D eigenvalue weighted by atomic mass is 32.1. The molecule has 37 heavy (non-hydrogen) atoms. The third kappa shape index (κ3) is 4.48. The quantitative estimate of drug-likeness (QED) is 0.256. The number of fused-ring (bicyclic) bond motifs is 1. The Balaban J connectivity index is 1.65. The van der Waals surface area contributed by atoms with Crippen LogP contribution < -0.4 is 10.1 Å².